The summed E-state index contributed by atoms with van der Waals surface area (Å²) in [6.07, 6.45) is 6.06. The minimum Gasteiger partial charge on any atom is -0.364 e. The summed E-state index contributed by atoms with van der Waals surface area (Å²) < 4.78 is 1.83. The number of aromatic nitrogens is 4. The average Bonchev–Trinajstić information content (AvgIpc) is 2.65. The molecule has 0 radical (unpaired) electrons. The predicted octanol–water partition coefficient (Wildman–Crippen LogP) is 1.94. The fourth-order valence-corrected chi connectivity index (χ4v) is 1.91. The predicted molar refractivity (Wildman–Crippen MR) is 63.8 cm³/mol. The molecule has 2 aromatic heterocycles. The van der Waals surface area contributed by atoms with Crippen LogP contribution in [0.4, 0.5) is 5.82 Å². The molecule has 0 aromatic carbocycles. The molecule has 6 heteroatoms. The Kier molecular flexibility index (Phi) is 3.24. The molecular weight excluding hydrogens is 226 g/mol. The Morgan fingerprint density at radius 2 is 2.31 bits per heavy atom. The number of hydrogen-bond donors (Lipinski definition) is 1. The lowest BCUT2D eigenvalue weighted by molar-refractivity contribution is 0.693. The van der Waals surface area contributed by atoms with E-state index in [-0.39, 0.29) is 11.4 Å². The van der Waals surface area contributed by atoms with E-state index in [1.165, 1.54) is 0 Å². The molecule has 0 aliphatic heterocycles. The van der Waals surface area contributed by atoms with Crippen molar-refractivity contribution in [3.05, 3.63) is 18.7 Å². The van der Waals surface area contributed by atoms with Crippen molar-refractivity contribution < 1.29 is 0 Å². The maximum Gasteiger partial charge on any atom is 0.203 e. The van der Waals surface area contributed by atoms with E-state index in [4.69, 9.17) is 11.6 Å². The van der Waals surface area contributed by atoms with Gasteiger partial charge in [-0.3, -0.25) is 4.40 Å². The molecule has 2 atom stereocenters. The van der Waals surface area contributed by atoms with Crippen molar-refractivity contribution >= 4 is 23.1 Å². The quantitative estimate of drug-likeness (QED) is 0.829. The highest BCUT2D eigenvalue weighted by atomic mass is 35.5. The SMILES string of the molecule is CC(Cl)CC(C)Nc1nccn2cnnc12. The minimum absolute atomic E-state index is 0.139. The number of rotatable bonds is 4. The third-order valence-electron chi connectivity index (χ3n) is 2.28. The number of nitrogens with zero attached hydrogens (tertiary/aromatic N) is 4. The highest BCUT2D eigenvalue weighted by molar-refractivity contribution is 6.20. The third-order valence-corrected chi connectivity index (χ3v) is 2.46. The Morgan fingerprint density at radius 3 is 3.06 bits per heavy atom. The summed E-state index contributed by atoms with van der Waals surface area (Å²) in [5.41, 5.74) is 0.733. The summed E-state index contributed by atoms with van der Waals surface area (Å²) in [4.78, 5) is 4.25. The molecule has 0 saturated carbocycles. The molecular formula is C10H14ClN5. The molecule has 1 N–H and O–H groups in total. The van der Waals surface area contributed by atoms with Gasteiger partial charge in [0.15, 0.2) is 5.82 Å². The molecule has 0 spiro atoms. The summed E-state index contributed by atoms with van der Waals surface area (Å²) in [5, 5.41) is 11.3. The first-order chi connectivity index (χ1) is 7.66. The van der Waals surface area contributed by atoms with Gasteiger partial charge in [-0.05, 0) is 20.3 Å². The Bertz CT molecular complexity index is 467. The van der Waals surface area contributed by atoms with Crippen molar-refractivity contribution in [2.24, 2.45) is 0 Å². The summed E-state index contributed by atoms with van der Waals surface area (Å²) >= 11 is 5.94. The van der Waals surface area contributed by atoms with Gasteiger partial charge in [-0.2, -0.15) is 0 Å². The maximum atomic E-state index is 5.94. The van der Waals surface area contributed by atoms with Crippen LogP contribution in [0.5, 0.6) is 0 Å². The highest BCUT2D eigenvalue weighted by Crippen LogP contribution is 2.14. The molecule has 16 heavy (non-hydrogen) atoms. The number of fused-ring (bicyclic) bond motifs is 1. The lowest BCUT2D eigenvalue weighted by atomic mass is 10.2. The Morgan fingerprint density at radius 1 is 1.50 bits per heavy atom. The molecule has 0 amide bonds. The second-order valence-corrected chi connectivity index (χ2v) is 4.64. The van der Waals surface area contributed by atoms with Crippen molar-refractivity contribution in [2.75, 3.05) is 5.32 Å². The largest absolute Gasteiger partial charge is 0.364 e. The van der Waals surface area contributed by atoms with E-state index in [1.54, 1.807) is 12.5 Å². The second kappa shape index (κ2) is 4.65. The van der Waals surface area contributed by atoms with E-state index >= 15 is 0 Å². The van der Waals surface area contributed by atoms with Gasteiger partial charge < -0.3 is 5.32 Å². The van der Waals surface area contributed by atoms with Gasteiger partial charge in [0.1, 0.15) is 6.33 Å². The van der Waals surface area contributed by atoms with Crippen LogP contribution in [0.15, 0.2) is 18.7 Å². The molecule has 86 valence electrons. The van der Waals surface area contributed by atoms with Crippen LogP contribution in [0.1, 0.15) is 20.3 Å². The van der Waals surface area contributed by atoms with Crippen LogP contribution in [0.3, 0.4) is 0 Å². The normalized spacial score (nSPS) is 14.9. The van der Waals surface area contributed by atoms with E-state index in [2.05, 4.69) is 27.4 Å². The lowest BCUT2D eigenvalue weighted by Gasteiger charge is -2.15. The van der Waals surface area contributed by atoms with Crippen LogP contribution in [0.25, 0.3) is 5.65 Å². The van der Waals surface area contributed by atoms with E-state index < -0.39 is 0 Å². The molecule has 0 bridgehead atoms. The van der Waals surface area contributed by atoms with Crippen molar-refractivity contribution in [1.29, 1.82) is 0 Å². The van der Waals surface area contributed by atoms with Crippen molar-refractivity contribution in [3.63, 3.8) is 0 Å². The van der Waals surface area contributed by atoms with Crippen molar-refractivity contribution in [3.8, 4) is 0 Å². The zero-order chi connectivity index (χ0) is 11.5. The zero-order valence-corrected chi connectivity index (χ0v) is 10.0. The van der Waals surface area contributed by atoms with E-state index in [1.807, 2.05) is 17.5 Å². The topological polar surface area (TPSA) is 55.1 Å². The minimum atomic E-state index is 0.139. The molecule has 5 nitrogen and oxygen atoms in total. The monoisotopic (exact) mass is 239 g/mol. The molecule has 2 aromatic rings. The van der Waals surface area contributed by atoms with Gasteiger partial charge in [0.05, 0.1) is 0 Å². The lowest BCUT2D eigenvalue weighted by Crippen LogP contribution is -2.19. The molecule has 2 rings (SSSR count). The Balaban J connectivity index is 2.17. The zero-order valence-electron chi connectivity index (χ0n) is 9.26. The fraction of sp³-hybridized carbons (Fsp3) is 0.500. The van der Waals surface area contributed by atoms with Crippen LogP contribution in [0.2, 0.25) is 0 Å². The van der Waals surface area contributed by atoms with Gasteiger partial charge in [-0.25, -0.2) is 4.98 Å². The fourth-order valence-electron chi connectivity index (χ4n) is 1.64. The third kappa shape index (κ3) is 2.41. The maximum absolute atomic E-state index is 5.94. The van der Waals surface area contributed by atoms with E-state index in [9.17, 15) is 0 Å². The molecule has 0 saturated heterocycles. The van der Waals surface area contributed by atoms with Gasteiger partial charge >= 0.3 is 0 Å². The van der Waals surface area contributed by atoms with Crippen LogP contribution in [0, 0.1) is 0 Å². The number of hydrogen-bond acceptors (Lipinski definition) is 4. The summed E-state index contributed by atoms with van der Waals surface area (Å²) in [6, 6.07) is 0.253. The molecule has 0 aliphatic rings. The van der Waals surface area contributed by atoms with Gasteiger partial charge in [0.2, 0.25) is 5.65 Å². The second-order valence-electron chi connectivity index (χ2n) is 3.90. The van der Waals surface area contributed by atoms with Gasteiger partial charge in [-0.15, -0.1) is 21.8 Å². The van der Waals surface area contributed by atoms with Crippen LogP contribution in [-0.2, 0) is 0 Å². The number of halogens is 1. The van der Waals surface area contributed by atoms with Gasteiger partial charge in [-0.1, -0.05) is 0 Å². The van der Waals surface area contributed by atoms with E-state index in [0.29, 0.717) is 0 Å². The summed E-state index contributed by atoms with van der Waals surface area (Å²) in [5.74, 6) is 0.741. The first-order valence-corrected chi connectivity index (χ1v) is 5.65. The van der Waals surface area contributed by atoms with Crippen LogP contribution >= 0.6 is 11.6 Å². The van der Waals surface area contributed by atoms with Crippen LogP contribution in [-0.4, -0.2) is 31.0 Å². The highest BCUT2D eigenvalue weighted by Gasteiger charge is 2.10. The summed E-state index contributed by atoms with van der Waals surface area (Å²) in [6.45, 7) is 4.05. The van der Waals surface area contributed by atoms with Crippen LogP contribution < -0.4 is 5.32 Å². The Hall–Kier alpha value is -1.36. The molecule has 0 aliphatic carbocycles. The first-order valence-electron chi connectivity index (χ1n) is 5.22. The number of anilines is 1. The number of nitrogens with one attached hydrogen (secondary N) is 1. The summed E-state index contributed by atoms with van der Waals surface area (Å²) in [7, 11) is 0. The smallest absolute Gasteiger partial charge is 0.203 e. The van der Waals surface area contributed by atoms with Crippen molar-refractivity contribution in [1.82, 2.24) is 19.6 Å². The standard InChI is InChI=1S/C10H14ClN5/c1-7(11)5-8(2)14-9-10-15-13-6-16(10)4-3-12-9/h3-4,6-8H,5H2,1-2H3,(H,12,14). The van der Waals surface area contributed by atoms with Crippen molar-refractivity contribution in [2.45, 2.75) is 31.7 Å². The molecule has 2 heterocycles. The van der Waals surface area contributed by atoms with E-state index in [0.717, 1.165) is 17.9 Å². The van der Waals surface area contributed by atoms with Gasteiger partial charge in [0, 0.05) is 23.8 Å². The molecule has 2 unspecified atom stereocenters. The average molecular weight is 240 g/mol. The Labute approximate surface area is 98.9 Å². The first kappa shape index (κ1) is 11.1. The molecule has 0 fully saturated rings. The number of alkyl halides is 1. The van der Waals surface area contributed by atoms with Gasteiger partial charge in [0.25, 0.3) is 0 Å².